The molecule has 0 spiro atoms. The average molecular weight is 300 g/mol. The number of carboxylic acid groups (broad SMARTS) is 1. The molecule has 3 N–H and O–H groups in total. The van der Waals surface area contributed by atoms with Gasteiger partial charge in [0, 0.05) is 18.5 Å². The van der Waals surface area contributed by atoms with Crippen molar-refractivity contribution in [3.63, 3.8) is 0 Å². The molecule has 0 heterocycles. The van der Waals surface area contributed by atoms with Crippen molar-refractivity contribution in [1.82, 2.24) is 10.6 Å². The third-order valence-electron chi connectivity index (χ3n) is 4.23. The van der Waals surface area contributed by atoms with Gasteiger partial charge < -0.3 is 15.7 Å². The van der Waals surface area contributed by atoms with Crippen LogP contribution in [0.1, 0.15) is 66.7 Å². The maximum atomic E-state index is 12.0. The molecule has 0 saturated carbocycles. The van der Waals surface area contributed by atoms with Gasteiger partial charge in [-0.2, -0.15) is 0 Å². The highest BCUT2D eigenvalue weighted by atomic mass is 16.4. The summed E-state index contributed by atoms with van der Waals surface area (Å²) in [7, 11) is 0. The van der Waals surface area contributed by atoms with Crippen molar-refractivity contribution in [2.75, 3.05) is 6.54 Å². The van der Waals surface area contributed by atoms with Crippen LogP contribution in [-0.2, 0) is 4.79 Å². The van der Waals surface area contributed by atoms with Gasteiger partial charge in [-0.25, -0.2) is 4.79 Å². The Balaban J connectivity index is 4.44. The number of carboxylic acids is 1. The topological polar surface area (TPSA) is 78.4 Å². The molecule has 0 fully saturated rings. The summed E-state index contributed by atoms with van der Waals surface area (Å²) in [5.74, 6) is -0.416. The van der Waals surface area contributed by atoms with Gasteiger partial charge in [-0.15, -0.1) is 0 Å². The number of aliphatic carboxylic acids is 1. The first kappa shape index (κ1) is 19.7. The van der Waals surface area contributed by atoms with E-state index in [0.717, 1.165) is 25.7 Å². The Morgan fingerprint density at radius 1 is 1.10 bits per heavy atom. The fourth-order valence-electron chi connectivity index (χ4n) is 2.69. The Morgan fingerprint density at radius 2 is 1.62 bits per heavy atom. The molecule has 0 saturated heterocycles. The molecule has 124 valence electrons. The fraction of sp³-hybridized carbons (Fsp3) is 0.875. The Hall–Kier alpha value is -1.26. The Bertz CT molecular complexity index is 317. The van der Waals surface area contributed by atoms with Crippen molar-refractivity contribution < 1.29 is 14.7 Å². The molecule has 1 atom stereocenters. The molecule has 0 aromatic heterocycles. The molecule has 0 bridgehead atoms. The van der Waals surface area contributed by atoms with Crippen LogP contribution in [-0.4, -0.2) is 29.2 Å². The highest BCUT2D eigenvalue weighted by Crippen LogP contribution is 2.19. The molecule has 5 heteroatoms. The third-order valence-corrected chi connectivity index (χ3v) is 4.23. The van der Waals surface area contributed by atoms with Crippen molar-refractivity contribution in [1.29, 1.82) is 0 Å². The largest absolute Gasteiger partial charge is 0.481 e. The number of carbonyl (C=O) groups excluding carboxylic acids is 1. The number of hydrogen-bond acceptors (Lipinski definition) is 2. The monoisotopic (exact) mass is 300 g/mol. The maximum absolute atomic E-state index is 12.0. The number of urea groups is 1. The van der Waals surface area contributed by atoms with Crippen LogP contribution in [0, 0.1) is 11.8 Å². The van der Waals surface area contributed by atoms with Crippen LogP contribution in [0.25, 0.3) is 0 Å². The van der Waals surface area contributed by atoms with Gasteiger partial charge >= 0.3 is 12.0 Å². The number of hydrogen-bond donors (Lipinski definition) is 3. The lowest BCUT2D eigenvalue weighted by Crippen LogP contribution is -2.52. The number of amides is 2. The zero-order valence-electron chi connectivity index (χ0n) is 14.2. The summed E-state index contributed by atoms with van der Waals surface area (Å²) in [6, 6.07) is -0.195. The molecule has 0 aliphatic carbocycles. The van der Waals surface area contributed by atoms with Crippen LogP contribution in [0.4, 0.5) is 4.79 Å². The third kappa shape index (κ3) is 7.93. The molecule has 0 rings (SSSR count). The molecule has 21 heavy (non-hydrogen) atoms. The van der Waals surface area contributed by atoms with Crippen LogP contribution < -0.4 is 10.6 Å². The van der Waals surface area contributed by atoms with E-state index in [1.54, 1.807) is 0 Å². The van der Waals surface area contributed by atoms with Crippen molar-refractivity contribution in [2.24, 2.45) is 11.8 Å². The van der Waals surface area contributed by atoms with Gasteiger partial charge in [0.1, 0.15) is 0 Å². The van der Waals surface area contributed by atoms with E-state index < -0.39 is 5.97 Å². The van der Waals surface area contributed by atoms with Crippen molar-refractivity contribution in [2.45, 2.75) is 72.3 Å². The summed E-state index contributed by atoms with van der Waals surface area (Å²) in [5.41, 5.74) is -0.162. The summed E-state index contributed by atoms with van der Waals surface area (Å²) < 4.78 is 0. The van der Waals surface area contributed by atoms with Gasteiger partial charge in [0.25, 0.3) is 0 Å². The van der Waals surface area contributed by atoms with Crippen molar-refractivity contribution >= 4 is 12.0 Å². The Labute approximate surface area is 128 Å². The highest BCUT2D eigenvalue weighted by Gasteiger charge is 2.26. The molecule has 5 nitrogen and oxygen atoms in total. The molecular weight excluding hydrogens is 268 g/mol. The normalized spacial score (nSPS) is 13.0. The standard InChI is InChI=1S/C16H32N2O3/c1-6-16(7-2,8-3)18-15(21)17-11-13(9-12(4)5)10-14(19)20/h12-13H,6-11H2,1-5H3,(H,19,20)(H2,17,18,21). The second kappa shape index (κ2) is 9.64. The summed E-state index contributed by atoms with van der Waals surface area (Å²) in [6.45, 7) is 10.7. The van der Waals surface area contributed by atoms with E-state index in [9.17, 15) is 9.59 Å². The lowest BCUT2D eigenvalue weighted by Gasteiger charge is -2.32. The maximum Gasteiger partial charge on any atom is 0.315 e. The van der Waals surface area contributed by atoms with Gasteiger partial charge in [-0.05, 0) is 37.5 Å². The van der Waals surface area contributed by atoms with Gasteiger partial charge in [-0.1, -0.05) is 34.6 Å². The predicted molar refractivity (Wildman–Crippen MR) is 85.3 cm³/mol. The second-order valence-corrected chi connectivity index (χ2v) is 6.27. The minimum absolute atomic E-state index is 0.0208. The molecule has 1 unspecified atom stereocenters. The van der Waals surface area contributed by atoms with E-state index in [1.807, 2.05) is 0 Å². The zero-order chi connectivity index (χ0) is 16.5. The zero-order valence-corrected chi connectivity index (χ0v) is 14.2. The fourth-order valence-corrected chi connectivity index (χ4v) is 2.69. The Kier molecular flexibility index (Phi) is 9.06. The van der Waals surface area contributed by atoms with E-state index >= 15 is 0 Å². The highest BCUT2D eigenvalue weighted by molar-refractivity contribution is 5.75. The minimum atomic E-state index is -0.812. The van der Waals surface area contributed by atoms with Gasteiger partial charge in [0.2, 0.25) is 0 Å². The van der Waals surface area contributed by atoms with Crippen LogP contribution in [0.3, 0.4) is 0 Å². The Morgan fingerprint density at radius 3 is 2.00 bits per heavy atom. The SMILES string of the molecule is CCC(CC)(CC)NC(=O)NCC(CC(=O)O)CC(C)C. The minimum Gasteiger partial charge on any atom is -0.481 e. The first-order chi connectivity index (χ1) is 9.78. The summed E-state index contributed by atoms with van der Waals surface area (Å²) in [5, 5.41) is 14.8. The van der Waals surface area contributed by atoms with E-state index in [1.165, 1.54) is 0 Å². The molecule has 0 aliphatic heterocycles. The summed E-state index contributed by atoms with van der Waals surface area (Å²) in [6.07, 6.45) is 3.56. The molecule has 0 aromatic rings. The quantitative estimate of drug-likeness (QED) is 0.578. The average Bonchev–Trinajstić information content (AvgIpc) is 2.41. The van der Waals surface area contributed by atoms with E-state index in [2.05, 4.69) is 45.3 Å². The second-order valence-electron chi connectivity index (χ2n) is 6.27. The van der Waals surface area contributed by atoms with Crippen molar-refractivity contribution in [3.05, 3.63) is 0 Å². The van der Waals surface area contributed by atoms with Gasteiger partial charge in [0.15, 0.2) is 0 Å². The number of nitrogens with one attached hydrogen (secondary N) is 2. The van der Waals surface area contributed by atoms with E-state index in [-0.39, 0.29) is 23.9 Å². The van der Waals surface area contributed by atoms with Crippen LogP contribution in [0.5, 0.6) is 0 Å². The van der Waals surface area contributed by atoms with E-state index in [4.69, 9.17) is 5.11 Å². The summed E-state index contributed by atoms with van der Waals surface area (Å²) >= 11 is 0. The predicted octanol–water partition coefficient (Wildman–Crippen LogP) is 3.39. The molecular formula is C16H32N2O3. The number of carbonyl (C=O) groups is 2. The van der Waals surface area contributed by atoms with Gasteiger partial charge in [0.05, 0.1) is 0 Å². The van der Waals surface area contributed by atoms with Gasteiger partial charge in [-0.3, -0.25) is 4.79 Å². The summed E-state index contributed by atoms with van der Waals surface area (Å²) in [4.78, 5) is 22.9. The van der Waals surface area contributed by atoms with Crippen LogP contribution in [0.2, 0.25) is 0 Å². The lowest BCUT2D eigenvalue weighted by molar-refractivity contribution is -0.138. The lowest BCUT2D eigenvalue weighted by atomic mass is 9.90. The van der Waals surface area contributed by atoms with Crippen LogP contribution in [0.15, 0.2) is 0 Å². The van der Waals surface area contributed by atoms with Crippen LogP contribution >= 0.6 is 0 Å². The van der Waals surface area contributed by atoms with Crippen molar-refractivity contribution in [3.8, 4) is 0 Å². The first-order valence-electron chi connectivity index (χ1n) is 8.06. The molecule has 0 radical (unpaired) electrons. The molecule has 0 aromatic carbocycles. The first-order valence-corrected chi connectivity index (χ1v) is 8.06. The molecule has 2 amide bonds. The smallest absolute Gasteiger partial charge is 0.315 e. The number of rotatable bonds is 10. The van der Waals surface area contributed by atoms with E-state index in [0.29, 0.717) is 12.5 Å². The molecule has 0 aliphatic rings.